The van der Waals surface area contributed by atoms with Crippen molar-refractivity contribution in [3.63, 3.8) is 0 Å². The number of nitrogens with zero attached hydrogens (tertiary/aromatic N) is 1. The first-order chi connectivity index (χ1) is 9.35. The second-order valence-corrected chi connectivity index (χ2v) is 4.90. The van der Waals surface area contributed by atoms with Crippen LogP contribution in [0, 0.1) is 0 Å². The predicted molar refractivity (Wildman–Crippen MR) is 80.4 cm³/mol. The summed E-state index contributed by atoms with van der Waals surface area (Å²) >= 11 is 0. The van der Waals surface area contributed by atoms with Crippen LogP contribution in [0.1, 0.15) is 25.3 Å². The average Bonchev–Trinajstić information content (AvgIpc) is 2.82. The Morgan fingerprint density at radius 3 is 2.89 bits per heavy atom. The first kappa shape index (κ1) is 14.1. The standard InChI is InChI=1S/C16H24N2O/c1-3-4-10-19-11-9-18-8-7-15-12-14(13-17-2)5-6-16(15)18/h5-8,12,17H,3-4,9-11,13H2,1-2H3. The molecular formula is C16H24N2O. The van der Waals surface area contributed by atoms with Gasteiger partial charge in [-0.3, -0.25) is 0 Å². The average molecular weight is 260 g/mol. The zero-order valence-electron chi connectivity index (χ0n) is 12.0. The van der Waals surface area contributed by atoms with E-state index in [4.69, 9.17) is 4.74 Å². The van der Waals surface area contributed by atoms with Crippen LogP contribution in [-0.4, -0.2) is 24.8 Å². The van der Waals surface area contributed by atoms with Crippen molar-refractivity contribution >= 4 is 10.9 Å². The minimum atomic E-state index is 0.794. The third kappa shape index (κ3) is 3.82. The quantitative estimate of drug-likeness (QED) is 0.738. The van der Waals surface area contributed by atoms with Gasteiger partial charge in [-0.25, -0.2) is 0 Å². The number of aromatic nitrogens is 1. The van der Waals surface area contributed by atoms with Gasteiger partial charge in [0, 0.05) is 31.4 Å². The van der Waals surface area contributed by atoms with E-state index >= 15 is 0 Å². The summed E-state index contributed by atoms with van der Waals surface area (Å²) < 4.78 is 7.90. The Kier molecular flexibility index (Phi) is 5.43. The number of hydrogen-bond acceptors (Lipinski definition) is 2. The normalized spacial score (nSPS) is 11.3. The van der Waals surface area contributed by atoms with E-state index in [2.05, 4.69) is 47.3 Å². The lowest BCUT2D eigenvalue weighted by atomic mass is 10.1. The topological polar surface area (TPSA) is 26.2 Å². The SMILES string of the molecule is CCCCOCCn1ccc2cc(CNC)ccc21. The van der Waals surface area contributed by atoms with Crippen LogP contribution >= 0.6 is 0 Å². The van der Waals surface area contributed by atoms with Crippen molar-refractivity contribution in [2.45, 2.75) is 32.9 Å². The Labute approximate surface area is 115 Å². The first-order valence-electron chi connectivity index (χ1n) is 7.15. The van der Waals surface area contributed by atoms with Crippen molar-refractivity contribution in [2.75, 3.05) is 20.3 Å². The maximum absolute atomic E-state index is 5.63. The second-order valence-electron chi connectivity index (χ2n) is 4.90. The summed E-state index contributed by atoms with van der Waals surface area (Å²) in [6.45, 7) is 5.70. The number of hydrogen-bond donors (Lipinski definition) is 1. The Hall–Kier alpha value is -1.32. The molecule has 0 aliphatic carbocycles. The van der Waals surface area contributed by atoms with Crippen LogP contribution in [0.3, 0.4) is 0 Å². The minimum Gasteiger partial charge on any atom is -0.380 e. The molecule has 0 saturated carbocycles. The lowest BCUT2D eigenvalue weighted by Gasteiger charge is -2.07. The highest BCUT2D eigenvalue weighted by molar-refractivity contribution is 5.80. The van der Waals surface area contributed by atoms with E-state index in [1.807, 2.05) is 7.05 Å². The second kappa shape index (κ2) is 7.31. The maximum atomic E-state index is 5.63. The van der Waals surface area contributed by atoms with Crippen molar-refractivity contribution < 1.29 is 4.74 Å². The molecule has 1 N–H and O–H groups in total. The van der Waals surface area contributed by atoms with Crippen molar-refractivity contribution in [1.82, 2.24) is 9.88 Å². The smallest absolute Gasteiger partial charge is 0.0645 e. The van der Waals surface area contributed by atoms with E-state index in [0.29, 0.717) is 0 Å². The van der Waals surface area contributed by atoms with Gasteiger partial charge in [-0.2, -0.15) is 0 Å². The molecule has 0 amide bonds. The van der Waals surface area contributed by atoms with Gasteiger partial charge in [0.1, 0.15) is 0 Å². The fourth-order valence-corrected chi connectivity index (χ4v) is 2.27. The van der Waals surface area contributed by atoms with Gasteiger partial charge in [-0.05, 0) is 42.6 Å². The van der Waals surface area contributed by atoms with Crippen LogP contribution in [0.15, 0.2) is 30.5 Å². The highest BCUT2D eigenvalue weighted by atomic mass is 16.5. The number of fused-ring (bicyclic) bond motifs is 1. The molecule has 0 bridgehead atoms. The molecule has 0 radical (unpaired) electrons. The van der Waals surface area contributed by atoms with Gasteiger partial charge < -0.3 is 14.6 Å². The minimum absolute atomic E-state index is 0.794. The molecule has 2 rings (SSSR count). The zero-order valence-corrected chi connectivity index (χ0v) is 12.0. The van der Waals surface area contributed by atoms with Crippen LogP contribution in [0.4, 0.5) is 0 Å². The van der Waals surface area contributed by atoms with E-state index in [-0.39, 0.29) is 0 Å². The van der Waals surface area contributed by atoms with Gasteiger partial charge in [0.15, 0.2) is 0 Å². The molecule has 1 aromatic carbocycles. The number of nitrogens with one attached hydrogen (secondary N) is 1. The molecule has 1 aromatic heterocycles. The van der Waals surface area contributed by atoms with E-state index in [0.717, 1.165) is 32.7 Å². The molecule has 0 atom stereocenters. The Balaban J connectivity index is 1.96. The van der Waals surface area contributed by atoms with Gasteiger partial charge in [0.05, 0.1) is 6.61 Å². The van der Waals surface area contributed by atoms with E-state index in [1.54, 1.807) is 0 Å². The first-order valence-corrected chi connectivity index (χ1v) is 7.15. The number of rotatable bonds is 8. The molecule has 2 aromatic rings. The Morgan fingerprint density at radius 1 is 1.21 bits per heavy atom. The summed E-state index contributed by atoms with van der Waals surface area (Å²) in [6, 6.07) is 8.82. The molecule has 3 heteroatoms. The third-order valence-electron chi connectivity index (χ3n) is 3.34. The summed E-state index contributed by atoms with van der Waals surface area (Å²) in [4.78, 5) is 0. The summed E-state index contributed by atoms with van der Waals surface area (Å²) in [6.07, 6.45) is 4.50. The van der Waals surface area contributed by atoms with Crippen molar-refractivity contribution in [1.29, 1.82) is 0 Å². The van der Waals surface area contributed by atoms with Crippen LogP contribution < -0.4 is 5.32 Å². The predicted octanol–water partition coefficient (Wildman–Crippen LogP) is 3.18. The summed E-state index contributed by atoms with van der Waals surface area (Å²) in [7, 11) is 1.98. The molecule has 0 saturated heterocycles. The molecular weight excluding hydrogens is 236 g/mol. The maximum Gasteiger partial charge on any atom is 0.0645 e. The molecule has 0 fully saturated rings. The number of unbranched alkanes of at least 4 members (excludes halogenated alkanes) is 1. The van der Waals surface area contributed by atoms with E-state index in [1.165, 1.54) is 22.9 Å². The van der Waals surface area contributed by atoms with E-state index in [9.17, 15) is 0 Å². The fourth-order valence-electron chi connectivity index (χ4n) is 2.27. The molecule has 0 aliphatic rings. The molecule has 3 nitrogen and oxygen atoms in total. The lowest BCUT2D eigenvalue weighted by molar-refractivity contribution is 0.124. The molecule has 0 unspecified atom stereocenters. The Bertz CT molecular complexity index is 504. The van der Waals surface area contributed by atoms with Crippen LogP contribution in [0.2, 0.25) is 0 Å². The molecule has 19 heavy (non-hydrogen) atoms. The molecule has 0 aliphatic heterocycles. The number of ether oxygens (including phenoxy) is 1. The van der Waals surface area contributed by atoms with Crippen LogP contribution in [0.5, 0.6) is 0 Å². The van der Waals surface area contributed by atoms with Gasteiger partial charge in [0.2, 0.25) is 0 Å². The lowest BCUT2D eigenvalue weighted by Crippen LogP contribution is -2.06. The molecule has 104 valence electrons. The largest absolute Gasteiger partial charge is 0.380 e. The van der Waals surface area contributed by atoms with Gasteiger partial charge in [0.25, 0.3) is 0 Å². The zero-order chi connectivity index (χ0) is 13.5. The van der Waals surface area contributed by atoms with Crippen LogP contribution in [-0.2, 0) is 17.8 Å². The molecule has 0 spiro atoms. The van der Waals surface area contributed by atoms with Gasteiger partial charge in [-0.15, -0.1) is 0 Å². The van der Waals surface area contributed by atoms with Crippen LogP contribution in [0.25, 0.3) is 10.9 Å². The van der Waals surface area contributed by atoms with Gasteiger partial charge in [-0.1, -0.05) is 19.4 Å². The summed E-state index contributed by atoms with van der Waals surface area (Å²) in [5.41, 5.74) is 2.62. The highest BCUT2D eigenvalue weighted by Gasteiger charge is 2.02. The molecule has 1 heterocycles. The summed E-state index contributed by atoms with van der Waals surface area (Å²) in [5, 5.41) is 4.49. The summed E-state index contributed by atoms with van der Waals surface area (Å²) in [5.74, 6) is 0. The highest BCUT2D eigenvalue weighted by Crippen LogP contribution is 2.17. The van der Waals surface area contributed by atoms with Crippen molar-refractivity contribution in [3.05, 3.63) is 36.0 Å². The Morgan fingerprint density at radius 2 is 2.11 bits per heavy atom. The monoisotopic (exact) mass is 260 g/mol. The van der Waals surface area contributed by atoms with E-state index < -0.39 is 0 Å². The number of benzene rings is 1. The fraction of sp³-hybridized carbons (Fsp3) is 0.500. The third-order valence-corrected chi connectivity index (χ3v) is 3.34. The van der Waals surface area contributed by atoms with Crippen molar-refractivity contribution in [3.8, 4) is 0 Å². The van der Waals surface area contributed by atoms with Crippen molar-refractivity contribution in [2.24, 2.45) is 0 Å². The van der Waals surface area contributed by atoms with Gasteiger partial charge >= 0.3 is 0 Å².